The van der Waals surface area contributed by atoms with Crippen LogP contribution in [0.25, 0.3) is 6.08 Å². The van der Waals surface area contributed by atoms with Gasteiger partial charge in [0.15, 0.2) is 5.83 Å². The van der Waals surface area contributed by atoms with Crippen LogP contribution in [0.5, 0.6) is 0 Å². The van der Waals surface area contributed by atoms with E-state index in [1.54, 1.807) is 12.1 Å². The molecule has 2 aromatic rings. The first kappa shape index (κ1) is 19.1. The Labute approximate surface area is 158 Å². The van der Waals surface area contributed by atoms with Crippen molar-refractivity contribution in [2.24, 2.45) is 0 Å². The number of carbonyl (C=O) groups is 1. The molecule has 4 N–H and O–H groups in total. The lowest BCUT2D eigenvalue weighted by Crippen LogP contribution is -2.22. The van der Waals surface area contributed by atoms with Crippen molar-refractivity contribution < 1.29 is 14.4 Å². The molecule has 6 heteroatoms. The molecule has 1 amide bonds. The molecule has 1 heterocycles. The predicted octanol–water partition coefficient (Wildman–Crippen LogP) is 3.58. The van der Waals surface area contributed by atoms with Gasteiger partial charge in [0.1, 0.15) is 0 Å². The van der Waals surface area contributed by atoms with Gasteiger partial charge in [-0.05, 0) is 48.7 Å². The fourth-order valence-electron chi connectivity index (χ4n) is 3.46. The fraction of sp³-hybridized carbons (Fsp3) is 0.286. The average Bonchev–Trinajstić information content (AvgIpc) is 3.01. The number of anilines is 1. The summed E-state index contributed by atoms with van der Waals surface area (Å²) >= 11 is 0. The number of benzene rings is 2. The minimum atomic E-state index is -1.15. The van der Waals surface area contributed by atoms with E-state index in [-0.39, 0.29) is 0 Å². The van der Waals surface area contributed by atoms with Gasteiger partial charge in [-0.1, -0.05) is 42.5 Å². The molecule has 27 heavy (non-hydrogen) atoms. The molecule has 0 fully saturated rings. The van der Waals surface area contributed by atoms with E-state index in [1.807, 2.05) is 12.1 Å². The first-order valence-corrected chi connectivity index (χ1v) is 9.05. The molecule has 2 unspecified atom stereocenters. The molecule has 2 aromatic carbocycles. The lowest BCUT2D eigenvalue weighted by Gasteiger charge is -2.16. The third-order valence-electron chi connectivity index (χ3n) is 4.90. The van der Waals surface area contributed by atoms with E-state index < -0.39 is 11.7 Å². The van der Waals surface area contributed by atoms with Crippen molar-refractivity contribution in [3.05, 3.63) is 71.0 Å². The normalized spacial score (nSPS) is 18.7. The number of hydrogen-bond acceptors (Lipinski definition) is 4. The van der Waals surface area contributed by atoms with Crippen LogP contribution in [0.15, 0.2) is 54.4 Å². The molecule has 5 nitrogen and oxygen atoms in total. The third-order valence-corrected chi connectivity index (χ3v) is 4.90. The molecule has 3 rings (SSSR count). The van der Waals surface area contributed by atoms with Crippen LogP contribution in [0.3, 0.4) is 0 Å². The number of para-hydroxylation sites is 1. The molecule has 0 bridgehead atoms. The van der Waals surface area contributed by atoms with Gasteiger partial charge in [0.25, 0.3) is 0 Å². The van der Waals surface area contributed by atoms with Crippen LogP contribution in [-0.4, -0.2) is 23.7 Å². The van der Waals surface area contributed by atoms with E-state index in [1.165, 1.54) is 16.7 Å². The molecule has 0 saturated heterocycles. The number of halogens is 1. The van der Waals surface area contributed by atoms with Gasteiger partial charge in [0, 0.05) is 24.2 Å². The van der Waals surface area contributed by atoms with E-state index in [0.717, 1.165) is 31.1 Å². The summed E-state index contributed by atoms with van der Waals surface area (Å²) in [4.78, 5) is 10.9. The molecule has 1 aliphatic rings. The third kappa shape index (κ3) is 4.72. The maximum Gasteiger partial charge on any atom is 0.303 e. The van der Waals surface area contributed by atoms with Crippen LogP contribution in [0.4, 0.5) is 10.1 Å². The number of hydroxylamine groups is 1. The van der Waals surface area contributed by atoms with E-state index in [2.05, 4.69) is 41.8 Å². The van der Waals surface area contributed by atoms with Crippen LogP contribution in [-0.2, 0) is 11.3 Å². The summed E-state index contributed by atoms with van der Waals surface area (Å²) in [6.45, 7) is 3.84. The van der Waals surface area contributed by atoms with Crippen molar-refractivity contribution in [2.45, 2.75) is 31.8 Å². The molecule has 2 atom stereocenters. The summed E-state index contributed by atoms with van der Waals surface area (Å²) in [6, 6.07) is 16.1. The van der Waals surface area contributed by atoms with Crippen LogP contribution in [0.2, 0.25) is 0 Å². The lowest BCUT2D eigenvalue weighted by molar-refractivity contribution is -0.126. The minimum Gasteiger partial charge on any atom is -0.382 e. The molecule has 0 radical (unpaired) electrons. The number of carbonyl (C=O) groups excluding carboxylic acids is 1. The van der Waals surface area contributed by atoms with Gasteiger partial charge in [-0.2, -0.15) is 0 Å². The molecule has 0 spiro atoms. The van der Waals surface area contributed by atoms with Crippen LogP contribution in [0.1, 0.15) is 36.0 Å². The Hall–Kier alpha value is -2.70. The highest BCUT2D eigenvalue weighted by atomic mass is 19.1. The van der Waals surface area contributed by atoms with Crippen molar-refractivity contribution >= 4 is 17.7 Å². The molecule has 0 aliphatic carbocycles. The summed E-state index contributed by atoms with van der Waals surface area (Å²) in [6.07, 6.45) is 2.13. The van der Waals surface area contributed by atoms with Crippen LogP contribution in [0, 0.1) is 0 Å². The first-order chi connectivity index (χ1) is 13.1. The predicted molar refractivity (Wildman–Crippen MR) is 104 cm³/mol. The van der Waals surface area contributed by atoms with E-state index in [0.29, 0.717) is 17.5 Å². The topological polar surface area (TPSA) is 73.4 Å². The number of nitrogens with one attached hydrogen (secondary N) is 3. The molecule has 0 saturated carbocycles. The molecule has 1 aliphatic heterocycles. The smallest absolute Gasteiger partial charge is 0.303 e. The van der Waals surface area contributed by atoms with Crippen molar-refractivity contribution in [3.63, 3.8) is 0 Å². The average molecular weight is 369 g/mol. The molecule has 0 aromatic heterocycles. The summed E-state index contributed by atoms with van der Waals surface area (Å²) in [5, 5.41) is 15.4. The van der Waals surface area contributed by atoms with Gasteiger partial charge < -0.3 is 10.6 Å². The zero-order valence-corrected chi connectivity index (χ0v) is 15.2. The van der Waals surface area contributed by atoms with E-state index in [9.17, 15) is 9.18 Å². The van der Waals surface area contributed by atoms with Crippen molar-refractivity contribution in [2.75, 3.05) is 11.9 Å². The SMILES string of the molecule is CC1Nc2ccccc2C1CCNCc1ccc(/C=C(\F)C(=O)NO)cc1. The lowest BCUT2D eigenvalue weighted by atomic mass is 9.93. The Morgan fingerprint density at radius 2 is 1.96 bits per heavy atom. The van der Waals surface area contributed by atoms with Gasteiger partial charge in [0.2, 0.25) is 0 Å². The minimum absolute atomic E-state index is 0.432. The highest BCUT2D eigenvalue weighted by Crippen LogP contribution is 2.37. The zero-order chi connectivity index (χ0) is 19.2. The fourth-order valence-corrected chi connectivity index (χ4v) is 3.46. The first-order valence-electron chi connectivity index (χ1n) is 9.05. The Morgan fingerprint density at radius 1 is 1.22 bits per heavy atom. The summed E-state index contributed by atoms with van der Waals surface area (Å²) in [7, 11) is 0. The maximum absolute atomic E-state index is 13.4. The molecule has 142 valence electrons. The summed E-state index contributed by atoms with van der Waals surface area (Å²) in [5.41, 5.74) is 5.53. The molecular formula is C21H24FN3O2. The van der Waals surface area contributed by atoms with E-state index >= 15 is 0 Å². The maximum atomic E-state index is 13.4. The Morgan fingerprint density at radius 3 is 2.70 bits per heavy atom. The second-order valence-electron chi connectivity index (χ2n) is 6.77. The zero-order valence-electron chi connectivity index (χ0n) is 15.2. The van der Waals surface area contributed by atoms with Crippen molar-refractivity contribution in [3.8, 4) is 0 Å². The molecular weight excluding hydrogens is 345 g/mol. The Bertz CT molecular complexity index is 820. The monoisotopic (exact) mass is 369 g/mol. The second kappa shape index (κ2) is 8.79. The second-order valence-corrected chi connectivity index (χ2v) is 6.77. The number of amides is 1. The quantitative estimate of drug-likeness (QED) is 0.261. The van der Waals surface area contributed by atoms with Gasteiger partial charge in [-0.15, -0.1) is 0 Å². The Kier molecular flexibility index (Phi) is 6.21. The van der Waals surface area contributed by atoms with Gasteiger partial charge in [0.05, 0.1) is 0 Å². The highest BCUT2D eigenvalue weighted by molar-refractivity contribution is 5.94. The van der Waals surface area contributed by atoms with E-state index in [4.69, 9.17) is 5.21 Å². The number of fused-ring (bicyclic) bond motifs is 1. The van der Waals surface area contributed by atoms with Crippen molar-refractivity contribution in [1.29, 1.82) is 0 Å². The van der Waals surface area contributed by atoms with Crippen LogP contribution >= 0.6 is 0 Å². The Balaban J connectivity index is 1.48. The largest absolute Gasteiger partial charge is 0.382 e. The summed E-state index contributed by atoms with van der Waals surface area (Å²) in [5.74, 6) is -1.69. The standard InChI is InChI=1S/C21H24FN3O2/c1-14-17(18-4-2-3-5-20(18)24-14)10-11-23-13-16-8-6-15(7-9-16)12-19(22)21(26)25-27/h2-9,12,14,17,23-24,27H,10-11,13H2,1H3,(H,25,26)/b19-12-. The number of rotatable bonds is 7. The highest BCUT2D eigenvalue weighted by Gasteiger charge is 2.27. The number of hydrogen-bond donors (Lipinski definition) is 4. The van der Waals surface area contributed by atoms with Gasteiger partial charge >= 0.3 is 5.91 Å². The van der Waals surface area contributed by atoms with Crippen LogP contribution < -0.4 is 16.1 Å². The summed E-state index contributed by atoms with van der Waals surface area (Å²) < 4.78 is 13.4. The van der Waals surface area contributed by atoms with Gasteiger partial charge in [-0.25, -0.2) is 9.87 Å². The van der Waals surface area contributed by atoms with Crippen molar-refractivity contribution in [1.82, 2.24) is 10.8 Å². The van der Waals surface area contributed by atoms with Gasteiger partial charge in [-0.3, -0.25) is 10.0 Å².